The molecule has 1 unspecified atom stereocenters. The lowest BCUT2D eigenvalue weighted by Gasteiger charge is -2.11. The fraction of sp³-hybridized carbons (Fsp3) is 0.462. The van der Waals surface area contributed by atoms with Crippen molar-refractivity contribution < 1.29 is 9.53 Å². The molecule has 4 nitrogen and oxygen atoms in total. The minimum absolute atomic E-state index is 0. The quantitative estimate of drug-likeness (QED) is 0.482. The van der Waals surface area contributed by atoms with E-state index in [-0.39, 0.29) is 18.4 Å². The summed E-state index contributed by atoms with van der Waals surface area (Å²) in [6.45, 7) is 5.16. The maximum absolute atomic E-state index is 11.7. The molecule has 0 spiro atoms. The van der Waals surface area contributed by atoms with Crippen molar-refractivity contribution in [1.29, 1.82) is 0 Å². The summed E-state index contributed by atoms with van der Waals surface area (Å²) in [6.07, 6.45) is 1.04. The number of carbonyl (C=O) groups excluding carboxylic acids is 1. The number of nitrogens with two attached hydrogens (primary N) is 1. The van der Waals surface area contributed by atoms with E-state index in [0.29, 0.717) is 35.5 Å². The molecule has 1 aromatic carbocycles. The van der Waals surface area contributed by atoms with E-state index in [4.69, 9.17) is 22.1 Å². The number of esters is 1. The summed E-state index contributed by atoms with van der Waals surface area (Å²) in [4.78, 5) is 11.7. The number of carbonyl (C=O) groups is 1. The number of nitrogen functional groups attached to an aromatic ring is 1. The third-order valence-electron chi connectivity index (χ3n) is 2.67. The van der Waals surface area contributed by atoms with Gasteiger partial charge in [-0.3, -0.25) is 0 Å². The average molecular weight is 307 g/mol. The molecule has 6 heteroatoms. The number of benzene rings is 1. The number of anilines is 1. The van der Waals surface area contributed by atoms with Crippen LogP contribution in [-0.4, -0.2) is 25.2 Å². The topological polar surface area (TPSA) is 64.3 Å². The van der Waals surface area contributed by atoms with Crippen LogP contribution < -0.4 is 11.1 Å². The summed E-state index contributed by atoms with van der Waals surface area (Å²) < 4.78 is 5.12. The van der Waals surface area contributed by atoms with Gasteiger partial charge < -0.3 is 15.8 Å². The molecule has 0 aliphatic rings. The van der Waals surface area contributed by atoms with Crippen molar-refractivity contribution in [2.45, 2.75) is 26.3 Å². The van der Waals surface area contributed by atoms with Gasteiger partial charge in [-0.1, -0.05) is 18.5 Å². The van der Waals surface area contributed by atoms with Crippen LogP contribution in [0, 0.1) is 0 Å². The summed E-state index contributed by atoms with van der Waals surface area (Å²) in [5.41, 5.74) is 6.41. The molecule has 1 aromatic rings. The highest BCUT2D eigenvalue weighted by molar-refractivity contribution is 6.33. The molecule has 1 atom stereocenters. The molecular formula is C13H20Cl2N2O2. The first-order valence-electron chi connectivity index (χ1n) is 6.00. The fourth-order valence-corrected chi connectivity index (χ4v) is 1.46. The van der Waals surface area contributed by atoms with Crippen molar-refractivity contribution >= 4 is 35.7 Å². The lowest BCUT2D eigenvalue weighted by Crippen LogP contribution is -2.29. The SMILES string of the molecule is CCC(C)NCCOC(=O)c1ccc(Cl)c(N)c1.Cl. The molecule has 19 heavy (non-hydrogen) atoms. The molecule has 3 N–H and O–H groups in total. The Balaban J connectivity index is 0.00000324. The zero-order valence-electron chi connectivity index (χ0n) is 11.1. The third kappa shape index (κ3) is 6.14. The van der Waals surface area contributed by atoms with E-state index in [0.717, 1.165) is 6.42 Å². The van der Waals surface area contributed by atoms with Gasteiger partial charge in [0.2, 0.25) is 0 Å². The molecule has 0 heterocycles. The third-order valence-corrected chi connectivity index (χ3v) is 3.02. The van der Waals surface area contributed by atoms with Crippen molar-refractivity contribution in [3.8, 4) is 0 Å². The minimum Gasteiger partial charge on any atom is -0.461 e. The van der Waals surface area contributed by atoms with Crippen LogP contribution >= 0.6 is 24.0 Å². The van der Waals surface area contributed by atoms with Crippen molar-refractivity contribution in [2.24, 2.45) is 0 Å². The van der Waals surface area contributed by atoms with Gasteiger partial charge in [-0.2, -0.15) is 0 Å². The first-order chi connectivity index (χ1) is 8.54. The molecule has 0 aliphatic carbocycles. The van der Waals surface area contributed by atoms with Crippen LogP contribution in [0.15, 0.2) is 18.2 Å². The molecule has 1 rings (SSSR count). The number of hydrogen-bond donors (Lipinski definition) is 2. The van der Waals surface area contributed by atoms with Gasteiger partial charge in [0, 0.05) is 12.6 Å². The molecular weight excluding hydrogens is 287 g/mol. The Morgan fingerprint density at radius 2 is 2.21 bits per heavy atom. The zero-order chi connectivity index (χ0) is 13.5. The van der Waals surface area contributed by atoms with Crippen LogP contribution in [0.4, 0.5) is 5.69 Å². The highest BCUT2D eigenvalue weighted by Gasteiger charge is 2.08. The second kappa shape index (κ2) is 9.02. The molecule has 0 radical (unpaired) electrons. The predicted molar refractivity (Wildman–Crippen MR) is 81.2 cm³/mol. The van der Waals surface area contributed by atoms with Gasteiger partial charge in [0.05, 0.1) is 16.3 Å². The van der Waals surface area contributed by atoms with Crippen LogP contribution in [0.25, 0.3) is 0 Å². The molecule has 0 amide bonds. The van der Waals surface area contributed by atoms with Gasteiger partial charge in [0.15, 0.2) is 0 Å². The highest BCUT2D eigenvalue weighted by Crippen LogP contribution is 2.19. The van der Waals surface area contributed by atoms with Crippen LogP contribution in [-0.2, 0) is 4.74 Å². The summed E-state index contributed by atoms with van der Waals surface area (Å²) in [5, 5.41) is 3.67. The molecule has 108 valence electrons. The number of rotatable bonds is 6. The van der Waals surface area contributed by atoms with E-state index in [1.165, 1.54) is 6.07 Å². The second-order valence-corrected chi connectivity index (χ2v) is 4.54. The minimum atomic E-state index is -0.385. The summed E-state index contributed by atoms with van der Waals surface area (Å²) in [6, 6.07) is 5.13. The van der Waals surface area contributed by atoms with E-state index in [9.17, 15) is 4.79 Å². The van der Waals surface area contributed by atoms with Crippen LogP contribution in [0.2, 0.25) is 5.02 Å². The molecule has 0 saturated heterocycles. The van der Waals surface area contributed by atoms with Crippen molar-refractivity contribution in [3.63, 3.8) is 0 Å². The van der Waals surface area contributed by atoms with E-state index in [2.05, 4.69) is 19.2 Å². The lowest BCUT2D eigenvalue weighted by atomic mass is 10.2. The van der Waals surface area contributed by atoms with E-state index >= 15 is 0 Å². The first kappa shape index (κ1) is 18.0. The monoisotopic (exact) mass is 306 g/mol. The highest BCUT2D eigenvalue weighted by atomic mass is 35.5. The standard InChI is InChI=1S/C13H19ClN2O2.ClH/c1-3-9(2)16-6-7-18-13(17)10-4-5-11(14)12(15)8-10;/h4-5,8-9,16H,3,6-7,15H2,1-2H3;1H. The van der Waals surface area contributed by atoms with Gasteiger partial charge in [0.1, 0.15) is 6.61 Å². The normalized spacial score (nSPS) is 11.5. The number of ether oxygens (including phenoxy) is 1. The number of nitrogens with one attached hydrogen (secondary N) is 1. The fourth-order valence-electron chi connectivity index (χ4n) is 1.35. The Bertz CT molecular complexity index is 414. The maximum Gasteiger partial charge on any atom is 0.338 e. The number of halogens is 2. The van der Waals surface area contributed by atoms with Gasteiger partial charge in [-0.25, -0.2) is 4.79 Å². The van der Waals surface area contributed by atoms with Crippen LogP contribution in [0.1, 0.15) is 30.6 Å². The van der Waals surface area contributed by atoms with Gasteiger partial charge in [-0.05, 0) is 31.5 Å². The largest absolute Gasteiger partial charge is 0.461 e. The maximum atomic E-state index is 11.7. The lowest BCUT2D eigenvalue weighted by molar-refractivity contribution is 0.0506. The smallest absolute Gasteiger partial charge is 0.338 e. The first-order valence-corrected chi connectivity index (χ1v) is 6.38. The molecule has 0 aromatic heterocycles. The molecule has 0 bridgehead atoms. The average Bonchev–Trinajstić information content (AvgIpc) is 2.37. The van der Waals surface area contributed by atoms with Crippen LogP contribution in [0.3, 0.4) is 0 Å². The van der Waals surface area contributed by atoms with E-state index in [1.54, 1.807) is 12.1 Å². The number of hydrogen-bond acceptors (Lipinski definition) is 4. The molecule has 0 fully saturated rings. The molecule has 0 saturated carbocycles. The zero-order valence-corrected chi connectivity index (χ0v) is 12.7. The second-order valence-electron chi connectivity index (χ2n) is 4.14. The Morgan fingerprint density at radius 1 is 1.53 bits per heavy atom. The van der Waals surface area contributed by atoms with Crippen molar-refractivity contribution in [2.75, 3.05) is 18.9 Å². The summed E-state index contributed by atoms with van der Waals surface area (Å²) >= 11 is 5.78. The summed E-state index contributed by atoms with van der Waals surface area (Å²) in [5.74, 6) is -0.385. The Labute approximate surface area is 125 Å². The predicted octanol–water partition coefficient (Wildman–Crippen LogP) is 2.89. The van der Waals surface area contributed by atoms with Crippen molar-refractivity contribution in [3.05, 3.63) is 28.8 Å². The Morgan fingerprint density at radius 3 is 2.79 bits per heavy atom. The van der Waals surface area contributed by atoms with Gasteiger partial charge in [-0.15, -0.1) is 12.4 Å². The Kier molecular flexibility index (Phi) is 8.56. The Hall–Kier alpha value is -0.970. The summed E-state index contributed by atoms with van der Waals surface area (Å²) in [7, 11) is 0. The van der Waals surface area contributed by atoms with Crippen LogP contribution in [0.5, 0.6) is 0 Å². The van der Waals surface area contributed by atoms with Gasteiger partial charge in [0.25, 0.3) is 0 Å². The molecule has 0 aliphatic heterocycles. The van der Waals surface area contributed by atoms with Crippen molar-refractivity contribution in [1.82, 2.24) is 5.32 Å². The van der Waals surface area contributed by atoms with E-state index in [1.807, 2.05) is 0 Å². The van der Waals surface area contributed by atoms with E-state index < -0.39 is 0 Å². The van der Waals surface area contributed by atoms with Gasteiger partial charge >= 0.3 is 5.97 Å².